The number of carbonyl (C=O) groups excluding carboxylic acids is 1. The fraction of sp³-hybridized carbons (Fsp3) is 0.440. The van der Waals surface area contributed by atoms with Crippen LogP contribution in [0.1, 0.15) is 50.5 Å². The van der Waals surface area contributed by atoms with Crippen molar-refractivity contribution >= 4 is 40.9 Å². The minimum Gasteiger partial charge on any atom is -0.496 e. The molecule has 0 fully saturated rings. The molecule has 0 saturated carbocycles. The molecule has 33 heavy (non-hydrogen) atoms. The zero-order valence-electron chi connectivity index (χ0n) is 19.6. The molecule has 8 heteroatoms. The number of carboxylic acids is 1. The van der Waals surface area contributed by atoms with Crippen LogP contribution in [0, 0.1) is 5.41 Å². The van der Waals surface area contributed by atoms with Crippen LogP contribution in [0.3, 0.4) is 0 Å². The maximum Gasteiger partial charge on any atom is 0.305 e. The lowest BCUT2D eigenvalue weighted by atomic mass is 9.94. The van der Waals surface area contributed by atoms with E-state index in [2.05, 4.69) is 0 Å². The first-order chi connectivity index (χ1) is 15.5. The molecule has 1 amide bonds. The lowest BCUT2D eigenvalue weighted by Crippen LogP contribution is -2.42. The Hall–Kier alpha value is -2.38. The summed E-state index contributed by atoms with van der Waals surface area (Å²) in [5.41, 5.74) is 2.22. The van der Waals surface area contributed by atoms with E-state index < -0.39 is 11.2 Å². The van der Waals surface area contributed by atoms with Crippen LogP contribution in [0.5, 0.6) is 11.5 Å². The van der Waals surface area contributed by atoms with Gasteiger partial charge in [0.1, 0.15) is 11.5 Å². The molecule has 1 heterocycles. The topological polar surface area (TPSA) is 76.1 Å². The quantitative estimate of drug-likeness (QED) is 0.527. The molecule has 2 aromatic carbocycles. The number of halogens is 1. The van der Waals surface area contributed by atoms with E-state index in [1.54, 1.807) is 18.1 Å². The molecule has 6 nitrogen and oxygen atoms in total. The molecule has 1 aliphatic rings. The standard InChI is InChI=1S/C25H30ClNO5S/c1-6-32-16-8-9-17(20(12-16)31-5)23-18-11-15(26)7-10-19(18)27(14-25(2,3)4)24(30)21(33-23)13-22(28)29/h7-12,21,23H,6,13-14H2,1-5H3,(H,28,29). The van der Waals surface area contributed by atoms with Gasteiger partial charge in [-0.05, 0) is 42.2 Å². The van der Waals surface area contributed by atoms with Gasteiger partial charge in [-0.15, -0.1) is 11.8 Å². The van der Waals surface area contributed by atoms with Crippen molar-refractivity contribution in [3.05, 3.63) is 52.5 Å². The number of carbonyl (C=O) groups is 2. The first-order valence-corrected chi connectivity index (χ1v) is 12.1. The smallest absolute Gasteiger partial charge is 0.305 e. The van der Waals surface area contributed by atoms with Gasteiger partial charge < -0.3 is 19.5 Å². The molecule has 0 spiro atoms. The number of amides is 1. The Morgan fingerprint density at radius 1 is 1.18 bits per heavy atom. The molecule has 0 aromatic heterocycles. The van der Waals surface area contributed by atoms with Crippen LogP contribution in [0.2, 0.25) is 5.02 Å². The van der Waals surface area contributed by atoms with E-state index in [1.807, 2.05) is 58.0 Å². The number of thioether (sulfide) groups is 1. The first kappa shape index (κ1) is 25.2. The third-order valence-electron chi connectivity index (χ3n) is 5.20. The summed E-state index contributed by atoms with van der Waals surface area (Å²) in [7, 11) is 1.58. The number of aliphatic carboxylic acids is 1. The molecule has 1 N–H and O–H groups in total. The number of rotatable bonds is 7. The van der Waals surface area contributed by atoms with Crippen LogP contribution in [-0.4, -0.2) is 42.5 Å². The van der Waals surface area contributed by atoms with Gasteiger partial charge in [-0.25, -0.2) is 0 Å². The van der Waals surface area contributed by atoms with Crippen LogP contribution in [-0.2, 0) is 9.59 Å². The van der Waals surface area contributed by atoms with E-state index in [0.717, 1.165) is 16.8 Å². The number of methoxy groups -OCH3 is 1. The third kappa shape index (κ3) is 5.95. The van der Waals surface area contributed by atoms with Crippen molar-refractivity contribution in [2.45, 2.75) is 44.6 Å². The second kappa shape index (κ2) is 10.3. The zero-order valence-corrected chi connectivity index (χ0v) is 21.1. The fourth-order valence-electron chi connectivity index (χ4n) is 3.91. The lowest BCUT2D eigenvalue weighted by molar-refractivity contribution is -0.138. The number of hydrogen-bond donors (Lipinski definition) is 1. The summed E-state index contributed by atoms with van der Waals surface area (Å²) < 4.78 is 11.3. The lowest BCUT2D eigenvalue weighted by Gasteiger charge is -2.31. The first-order valence-electron chi connectivity index (χ1n) is 10.8. The highest BCUT2D eigenvalue weighted by Gasteiger charge is 2.39. The van der Waals surface area contributed by atoms with Crippen LogP contribution < -0.4 is 14.4 Å². The average molecular weight is 492 g/mol. The van der Waals surface area contributed by atoms with Gasteiger partial charge in [0.2, 0.25) is 5.91 Å². The number of ether oxygens (including phenoxy) is 2. The maximum atomic E-state index is 13.6. The number of hydrogen-bond acceptors (Lipinski definition) is 5. The Balaban J connectivity index is 2.22. The molecule has 2 aromatic rings. The molecule has 3 rings (SSSR count). The van der Waals surface area contributed by atoms with Gasteiger partial charge in [0, 0.05) is 28.9 Å². The van der Waals surface area contributed by atoms with E-state index in [9.17, 15) is 14.7 Å². The second-order valence-electron chi connectivity index (χ2n) is 9.13. The maximum absolute atomic E-state index is 13.6. The molecule has 178 valence electrons. The number of benzene rings is 2. The van der Waals surface area contributed by atoms with Crippen LogP contribution in [0.4, 0.5) is 5.69 Å². The summed E-state index contributed by atoms with van der Waals surface area (Å²) in [6, 6.07) is 11.1. The number of anilines is 1. The van der Waals surface area contributed by atoms with E-state index in [4.69, 9.17) is 21.1 Å². The van der Waals surface area contributed by atoms with E-state index in [0.29, 0.717) is 29.7 Å². The number of fused-ring (bicyclic) bond motifs is 1. The molecular formula is C25H30ClNO5S. The summed E-state index contributed by atoms with van der Waals surface area (Å²) in [6.45, 7) is 9.03. The predicted octanol–water partition coefficient (Wildman–Crippen LogP) is 5.81. The number of nitrogens with zero attached hydrogens (tertiary/aromatic N) is 1. The van der Waals surface area contributed by atoms with Crippen molar-refractivity contribution in [1.82, 2.24) is 0 Å². The Bertz CT molecular complexity index is 1040. The fourth-order valence-corrected chi connectivity index (χ4v) is 5.57. The molecule has 2 atom stereocenters. The highest BCUT2D eigenvalue weighted by molar-refractivity contribution is 8.01. The molecule has 1 aliphatic heterocycles. The number of carboxylic acid groups (broad SMARTS) is 1. The van der Waals surface area contributed by atoms with Gasteiger partial charge >= 0.3 is 5.97 Å². The minimum atomic E-state index is -1.02. The van der Waals surface area contributed by atoms with Gasteiger partial charge in [0.15, 0.2) is 0 Å². The molecule has 0 saturated heterocycles. The predicted molar refractivity (Wildman–Crippen MR) is 133 cm³/mol. The molecule has 0 bridgehead atoms. The SMILES string of the molecule is CCOc1ccc(C2SC(CC(=O)O)C(=O)N(CC(C)(C)C)c3ccc(Cl)cc32)c(OC)c1. The van der Waals surface area contributed by atoms with Crippen molar-refractivity contribution < 1.29 is 24.2 Å². The van der Waals surface area contributed by atoms with Gasteiger partial charge in [0.25, 0.3) is 0 Å². The average Bonchev–Trinajstić information content (AvgIpc) is 2.83. The van der Waals surface area contributed by atoms with Gasteiger partial charge in [-0.2, -0.15) is 0 Å². The van der Waals surface area contributed by atoms with Crippen LogP contribution in [0.25, 0.3) is 0 Å². The van der Waals surface area contributed by atoms with Crippen molar-refractivity contribution in [3.63, 3.8) is 0 Å². The summed E-state index contributed by atoms with van der Waals surface area (Å²) in [6.07, 6.45) is -0.276. The second-order valence-corrected chi connectivity index (χ2v) is 10.9. The van der Waals surface area contributed by atoms with Crippen molar-refractivity contribution in [3.8, 4) is 11.5 Å². The highest BCUT2D eigenvalue weighted by atomic mass is 35.5. The Morgan fingerprint density at radius 3 is 2.52 bits per heavy atom. The molecule has 0 radical (unpaired) electrons. The zero-order chi connectivity index (χ0) is 24.3. The van der Waals surface area contributed by atoms with E-state index in [-0.39, 0.29) is 23.0 Å². The van der Waals surface area contributed by atoms with Crippen LogP contribution in [0.15, 0.2) is 36.4 Å². The highest BCUT2D eigenvalue weighted by Crippen LogP contribution is 2.50. The van der Waals surface area contributed by atoms with Crippen LogP contribution >= 0.6 is 23.4 Å². The summed E-state index contributed by atoms with van der Waals surface area (Å²) >= 11 is 7.72. The molecular weight excluding hydrogens is 462 g/mol. The van der Waals surface area contributed by atoms with E-state index in [1.165, 1.54) is 11.8 Å². The third-order valence-corrected chi connectivity index (χ3v) is 6.91. The Morgan fingerprint density at radius 2 is 1.91 bits per heavy atom. The van der Waals surface area contributed by atoms with Crippen molar-refractivity contribution in [1.29, 1.82) is 0 Å². The van der Waals surface area contributed by atoms with Gasteiger partial charge in [0.05, 0.1) is 30.6 Å². The monoisotopic (exact) mass is 491 g/mol. The molecule has 2 unspecified atom stereocenters. The summed E-state index contributed by atoms with van der Waals surface area (Å²) in [5.74, 6) is 0.0528. The normalized spacial score (nSPS) is 18.5. The van der Waals surface area contributed by atoms with E-state index >= 15 is 0 Å². The largest absolute Gasteiger partial charge is 0.496 e. The van der Waals surface area contributed by atoms with Gasteiger partial charge in [-0.3, -0.25) is 9.59 Å². The van der Waals surface area contributed by atoms with Gasteiger partial charge in [-0.1, -0.05) is 38.4 Å². The Labute approximate surface area is 204 Å². The molecule has 0 aliphatic carbocycles. The summed E-state index contributed by atoms with van der Waals surface area (Å²) in [5, 5.41) is 8.98. The van der Waals surface area contributed by atoms with Crippen molar-refractivity contribution in [2.24, 2.45) is 5.41 Å². The van der Waals surface area contributed by atoms with Crippen molar-refractivity contribution in [2.75, 3.05) is 25.2 Å². The summed E-state index contributed by atoms with van der Waals surface area (Å²) in [4.78, 5) is 27.0. The Kier molecular flexibility index (Phi) is 7.85. The minimum absolute atomic E-state index is 0.193.